The van der Waals surface area contributed by atoms with Crippen LogP contribution >= 0.6 is 0 Å². The molecule has 0 aromatic carbocycles. The molecule has 5 nitrogen and oxygen atoms in total. The third kappa shape index (κ3) is 11.7. The van der Waals surface area contributed by atoms with Crippen molar-refractivity contribution in [3.05, 3.63) is 0 Å². The molecule has 0 aromatic rings. The van der Waals surface area contributed by atoms with Gasteiger partial charge in [0.05, 0.1) is 33.0 Å². The lowest BCUT2D eigenvalue weighted by Crippen LogP contribution is -2.45. The molecule has 0 aromatic heterocycles. The second kappa shape index (κ2) is 8.01. The van der Waals surface area contributed by atoms with E-state index < -0.39 is 6.23 Å². The molecule has 0 saturated heterocycles. The van der Waals surface area contributed by atoms with Gasteiger partial charge in [-0.2, -0.15) is 0 Å². The van der Waals surface area contributed by atoms with E-state index in [0.29, 0.717) is 19.8 Å². The van der Waals surface area contributed by atoms with Crippen LogP contribution in [0, 0.1) is 0 Å². The second-order valence-electron chi connectivity index (χ2n) is 4.32. The van der Waals surface area contributed by atoms with Crippen molar-refractivity contribution in [2.24, 2.45) is 0 Å². The number of nitrogens with one attached hydrogen (secondary N) is 1. The van der Waals surface area contributed by atoms with Crippen molar-refractivity contribution in [1.29, 1.82) is 0 Å². The number of hydrogen-bond donors (Lipinski definition) is 3. The summed E-state index contributed by atoms with van der Waals surface area (Å²) in [6.07, 6.45) is -0.664. The van der Waals surface area contributed by atoms with Crippen LogP contribution < -0.4 is 5.32 Å². The molecule has 0 bridgehead atoms. The van der Waals surface area contributed by atoms with Gasteiger partial charge in [0.2, 0.25) is 0 Å². The van der Waals surface area contributed by atoms with Crippen molar-refractivity contribution >= 4 is 0 Å². The third-order valence-corrected chi connectivity index (χ3v) is 1.48. The number of hydrogen-bond acceptors (Lipinski definition) is 5. The van der Waals surface area contributed by atoms with Gasteiger partial charge in [-0.15, -0.1) is 0 Å². The van der Waals surface area contributed by atoms with E-state index in [0.717, 1.165) is 0 Å². The Hall–Kier alpha value is -0.200. The molecule has 15 heavy (non-hydrogen) atoms. The van der Waals surface area contributed by atoms with Crippen molar-refractivity contribution in [2.45, 2.75) is 32.5 Å². The molecule has 0 amide bonds. The molecule has 0 heterocycles. The highest BCUT2D eigenvalue weighted by Crippen LogP contribution is 1.99. The molecule has 0 radical (unpaired) electrons. The number of rotatable bonds is 8. The molecule has 0 rings (SSSR count). The zero-order chi connectivity index (χ0) is 11.7. The van der Waals surface area contributed by atoms with Gasteiger partial charge in [0.25, 0.3) is 0 Å². The fourth-order valence-corrected chi connectivity index (χ4v) is 1.02. The van der Waals surface area contributed by atoms with E-state index in [-0.39, 0.29) is 18.8 Å². The zero-order valence-corrected chi connectivity index (χ0v) is 9.82. The molecular formula is C10H23NO4. The molecule has 0 aliphatic heterocycles. The summed E-state index contributed by atoms with van der Waals surface area (Å²) in [5, 5.41) is 20.9. The van der Waals surface area contributed by atoms with E-state index in [1.54, 1.807) is 0 Å². The first-order valence-electron chi connectivity index (χ1n) is 5.18. The monoisotopic (exact) mass is 221 g/mol. The molecule has 0 aliphatic carbocycles. The molecular weight excluding hydrogens is 198 g/mol. The highest BCUT2D eigenvalue weighted by molar-refractivity contribution is 4.71. The fraction of sp³-hybridized carbons (Fsp3) is 1.00. The molecule has 92 valence electrons. The highest BCUT2D eigenvalue weighted by Gasteiger charge is 2.14. The fourth-order valence-electron chi connectivity index (χ4n) is 1.02. The van der Waals surface area contributed by atoms with Crippen molar-refractivity contribution in [3.63, 3.8) is 0 Å². The Morgan fingerprint density at radius 3 is 2.27 bits per heavy atom. The third-order valence-electron chi connectivity index (χ3n) is 1.48. The standard InChI is InChI=1S/C10H23NO4/c1-10(2,3)11-9(13)8-15-7-6-14-5-4-12/h9,11-13H,4-8H2,1-3H3. The maximum atomic E-state index is 9.47. The lowest BCUT2D eigenvalue weighted by atomic mass is 10.1. The first kappa shape index (κ1) is 14.8. The van der Waals surface area contributed by atoms with Crippen LogP contribution in [0.5, 0.6) is 0 Å². The van der Waals surface area contributed by atoms with E-state index in [9.17, 15) is 5.11 Å². The van der Waals surface area contributed by atoms with Crippen LogP contribution in [-0.4, -0.2) is 55.0 Å². The minimum atomic E-state index is -0.664. The molecule has 0 aliphatic rings. The average Bonchev–Trinajstić information content (AvgIpc) is 2.08. The van der Waals surface area contributed by atoms with E-state index >= 15 is 0 Å². The predicted molar refractivity (Wildman–Crippen MR) is 57.6 cm³/mol. The smallest absolute Gasteiger partial charge is 0.128 e. The maximum absolute atomic E-state index is 9.47. The van der Waals surface area contributed by atoms with Gasteiger partial charge in [0.1, 0.15) is 6.23 Å². The van der Waals surface area contributed by atoms with Gasteiger partial charge in [0.15, 0.2) is 0 Å². The summed E-state index contributed by atoms with van der Waals surface area (Å²) < 4.78 is 10.2. The van der Waals surface area contributed by atoms with Crippen molar-refractivity contribution in [2.75, 3.05) is 33.0 Å². The van der Waals surface area contributed by atoms with Crippen LogP contribution in [0.25, 0.3) is 0 Å². The van der Waals surface area contributed by atoms with Crippen LogP contribution in [0.4, 0.5) is 0 Å². The number of aliphatic hydroxyl groups is 2. The van der Waals surface area contributed by atoms with Gasteiger partial charge in [-0.1, -0.05) is 0 Å². The quantitative estimate of drug-likeness (QED) is 0.388. The molecule has 0 spiro atoms. The lowest BCUT2D eigenvalue weighted by molar-refractivity contribution is -0.0196. The van der Waals surface area contributed by atoms with Crippen LogP contribution in [-0.2, 0) is 9.47 Å². The number of ether oxygens (including phenoxy) is 2. The molecule has 1 unspecified atom stereocenters. The minimum absolute atomic E-state index is 0.0220. The van der Waals surface area contributed by atoms with Gasteiger partial charge in [-0.3, -0.25) is 5.32 Å². The van der Waals surface area contributed by atoms with Gasteiger partial charge in [-0.25, -0.2) is 0 Å². The van der Waals surface area contributed by atoms with Crippen molar-refractivity contribution < 1.29 is 19.7 Å². The summed E-state index contributed by atoms with van der Waals surface area (Å²) in [4.78, 5) is 0. The summed E-state index contributed by atoms with van der Waals surface area (Å²) in [7, 11) is 0. The molecule has 1 atom stereocenters. The van der Waals surface area contributed by atoms with Crippen LogP contribution in [0.3, 0.4) is 0 Å². The Bertz CT molecular complexity index is 147. The van der Waals surface area contributed by atoms with Gasteiger partial charge < -0.3 is 19.7 Å². The van der Waals surface area contributed by atoms with Gasteiger partial charge in [-0.05, 0) is 20.8 Å². The summed E-state index contributed by atoms with van der Waals surface area (Å²) in [5.41, 5.74) is -0.129. The molecule has 3 N–H and O–H groups in total. The molecule has 0 fully saturated rings. The summed E-state index contributed by atoms with van der Waals surface area (Å²) >= 11 is 0. The van der Waals surface area contributed by atoms with E-state index in [4.69, 9.17) is 14.6 Å². The minimum Gasteiger partial charge on any atom is -0.394 e. The average molecular weight is 221 g/mol. The molecule has 0 saturated carbocycles. The first-order valence-corrected chi connectivity index (χ1v) is 5.18. The van der Waals surface area contributed by atoms with Gasteiger partial charge in [0, 0.05) is 5.54 Å². The topological polar surface area (TPSA) is 71.0 Å². The summed E-state index contributed by atoms with van der Waals surface area (Å²) in [5.74, 6) is 0. The second-order valence-corrected chi connectivity index (χ2v) is 4.32. The Labute approximate surface area is 91.4 Å². The summed E-state index contributed by atoms with van der Waals surface area (Å²) in [6, 6.07) is 0. The Morgan fingerprint density at radius 2 is 1.73 bits per heavy atom. The van der Waals surface area contributed by atoms with E-state index in [2.05, 4.69) is 5.32 Å². The maximum Gasteiger partial charge on any atom is 0.128 e. The van der Waals surface area contributed by atoms with Crippen molar-refractivity contribution in [3.8, 4) is 0 Å². The SMILES string of the molecule is CC(C)(C)NC(O)COCCOCCO. The van der Waals surface area contributed by atoms with E-state index in [1.165, 1.54) is 0 Å². The Morgan fingerprint density at radius 1 is 1.13 bits per heavy atom. The zero-order valence-electron chi connectivity index (χ0n) is 9.82. The number of aliphatic hydroxyl groups excluding tert-OH is 2. The Kier molecular flexibility index (Phi) is 7.90. The van der Waals surface area contributed by atoms with Crippen LogP contribution in [0.2, 0.25) is 0 Å². The first-order chi connectivity index (χ1) is 6.95. The highest BCUT2D eigenvalue weighted by atomic mass is 16.5. The Balaban J connectivity index is 3.28. The normalized spacial score (nSPS) is 14.2. The lowest BCUT2D eigenvalue weighted by Gasteiger charge is -2.24. The van der Waals surface area contributed by atoms with Crippen LogP contribution in [0.15, 0.2) is 0 Å². The van der Waals surface area contributed by atoms with E-state index in [1.807, 2.05) is 20.8 Å². The van der Waals surface area contributed by atoms with Crippen LogP contribution in [0.1, 0.15) is 20.8 Å². The summed E-state index contributed by atoms with van der Waals surface area (Å²) in [6.45, 7) is 7.35. The molecule has 5 heteroatoms. The largest absolute Gasteiger partial charge is 0.394 e. The van der Waals surface area contributed by atoms with Gasteiger partial charge >= 0.3 is 0 Å². The predicted octanol–water partition coefficient (Wildman–Crippen LogP) is -0.282. The van der Waals surface area contributed by atoms with Crippen molar-refractivity contribution in [1.82, 2.24) is 5.32 Å².